The van der Waals surface area contributed by atoms with Crippen molar-refractivity contribution in [2.75, 3.05) is 0 Å². The van der Waals surface area contributed by atoms with Gasteiger partial charge in [-0.2, -0.15) is 0 Å². The molecule has 0 aliphatic heterocycles. The van der Waals surface area contributed by atoms with Gasteiger partial charge in [0.25, 0.3) is 0 Å². The number of aromatic amines is 1. The molecule has 0 aliphatic rings. The summed E-state index contributed by atoms with van der Waals surface area (Å²) in [6.07, 6.45) is 4.42. The van der Waals surface area contributed by atoms with Crippen LogP contribution in [-0.4, -0.2) is 4.98 Å². The predicted octanol–water partition coefficient (Wildman–Crippen LogP) is 5.51. The van der Waals surface area contributed by atoms with Crippen LogP contribution >= 0.6 is 22.9 Å². The number of aromatic nitrogens is 1. The fourth-order valence-corrected chi connectivity index (χ4v) is 3.67. The molecule has 1 unspecified atom stereocenters. The van der Waals surface area contributed by atoms with Gasteiger partial charge in [0, 0.05) is 39.6 Å². The first-order chi connectivity index (χ1) is 10.3. The maximum atomic E-state index is 6.03. The van der Waals surface area contributed by atoms with Crippen molar-refractivity contribution in [3.8, 4) is 0 Å². The van der Waals surface area contributed by atoms with Crippen LogP contribution in [0.1, 0.15) is 36.2 Å². The van der Waals surface area contributed by atoms with Crippen LogP contribution in [0.5, 0.6) is 0 Å². The third-order valence-corrected chi connectivity index (χ3v) is 4.95. The van der Waals surface area contributed by atoms with Gasteiger partial charge in [0.05, 0.1) is 0 Å². The molecule has 3 aromatic rings. The Labute approximate surface area is 134 Å². The summed E-state index contributed by atoms with van der Waals surface area (Å²) in [5.41, 5.74) is 2.39. The highest BCUT2D eigenvalue weighted by molar-refractivity contribution is 7.10. The lowest BCUT2D eigenvalue weighted by atomic mass is 10.1. The van der Waals surface area contributed by atoms with Gasteiger partial charge in [0.2, 0.25) is 0 Å². The summed E-state index contributed by atoms with van der Waals surface area (Å²) < 4.78 is 0. The van der Waals surface area contributed by atoms with Crippen LogP contribution in [0.4, 0.5) is 0 Å². The average Bonchev–Trinajstić information content (AvgIpc) is 3.13. The second-order valence-corrected chi connectivity index (χ2v) is 6.66. The number of fused-ring (bicyclic) bond motifs is 1. The normalized spacial score (nSPS) is 12.9. The first-order valence-electron chi connectivity index (χ1n) is 7.30. The van der Waals surface area contributed by atoms with Gasteiger partial charge in [-0.25, -0.2) is 0 Å². The number of H-pyrrole nitrogens is 1. The molecule has 0 radical (unpaired) electrons. The van der Waals surface area contributed by atoms with Crippen molar-refractivity contribution < 1.29 is 0 Å². The van der Waals surface area contributed by atoms with E-state index in [2.05, 4.69) is 47.0 Å². The van der Waals surface area contributed by atoms with Crippen molar-refractivity contribution in [2.24, 2.45) is 0 Å². The highest BCUT2D eigenvalue weighted by Crippen LogP contribution is 2.26. The third kappa shape index (κ3) is 3.31. The molecule has 0 spiro atoms. The monoisotopic (exact) mass is 318 g/mol. The van der Waals surface area contributed by atoms with Gasteiger partial charge in [-0.15, -0.1) is 11.3 Å². The Hall–Kier alpha value is -1.29. The number of benzene rings is 1. The minimum atomic E-state index is 0.437. The number of hydrogen-bond donors (Lipinski definition) is 2. The molecular formula is C17H19ClN2S. The van der Waals surface area contributed by atoms with Crippen LogP contribution in [0, 0.1) is 0 Å². The highest BCUT2D eigenvalue weighted by atomic mass is 35.5. The lowest BCUT2D eigenvalue weighted by Gasteiger charge is -2.16. The molecule has 1 aromatic carbocycles. The Morgan fingerprint density at radius 1 is 1.33 bits per heavy atom. The second-order valence-electron chi connectivity index (χ2n) is 5.24. The van der Waals surface area contributed by atoms with E-state index >= 15 is 0 Å². The second kappa shape index (κ2) is 6.65. The van der Waals surface area contributed by atoms with Crippen LogP contribution in [-0.2, 0) is 6.54 Å². The largest absolute Gasteiger partial charge is 0.361 e. The third-order valence-electron chi connectivity index (χ3n) is 3.73. The van der Waals surface area contributed by atoms with Crippen molar-refractivity contribution in [1.29, 1.82) is 0 Å². The number of hydrogen-bond acceptors (Lipinski definition) is 2. The van der Waals surface area contributed by atoms with Gasteiger partial charge in [-0.05, 0) is 35.6 Å². The number of halogens is 1. The molecule has 21 heavy (non-hydrogen) atoms. The van der Waals surface area contributed by atoms with Crippen molar-refractivity contribution in [1.82, 2.24) is 10.3 Å². The zero-order chi connectivity index (χ0) is 14.7. The highest BCUT2D eigenvalue weighted by Gasteiger charge is 2.12. The molecule has 3 rings (SSSR count). The van der Waals surface area contributed by atoms with E-state index in [1.54, 1.807) is 0 Å². The van der Waals surface area contributed by atoms with Crippen molar-refractivity contribution in [2.45, 2.75) is 32.4 Å². The van der Waals surface area contributed by atoms with E-state index < -0.39 is 0 Å². The first-order valence-corrected chi connectivity index (χ1v) is 8.56. The van der Waals surface area contributed by atoms with Gasteiger partial charge in [0.15, 0.2) is 0 Å². The van der Waals surface area contributed by atoms with Crippen molar-refractivity contribution >= 4 is 33.8 Å². The maximum Gasteiger partial charge on any atom is 0.0472 e. The fraction of sp³-hybridized carbons (Fsp3) is 0.294. The number of nitrogens with one attached hydrogen (secondary N) is 2. The van der Waals surface area contributed by atoms with E-state index in [1.165, 1.54) is 22.2 Å². The molecule has 2 heterocycles. The van der Waals surface area contributed by atoms with Crippen LogP contribution in [0.2, 0.25) is 5.02 Å². The Bertz CT molecular complexity index is 703. The quantitative estimate of drug-likeness (QED) is 0.616. The molecule has 0 fully saturated rings. The SMILES string of the molecule is CCCC(NCc1c[nH]c2cc(Cl)ccc12)c1cccs1. The predicted molar refractivity (Wildman–Crippen MR) is 92.1 cm³/mol. The number of thiophene rings is 1. The molecule has 4 heteroatoms. The van der Waals surface area contributed by atoms with E-state index in [0.717, 1.165) is 23.5 Å². The van der Waals surface area contributed by atoms with Gasteiger partial charge >= 0.3 is 0 Å². The van der Waals surface area contributed by atoms with Crippen LogP contribution in [0.3, 0.4) is 0 Å². The average molecular weight is 319 g/mol. The molecule has 0 aliphatic carbocycles. The van der Waals surface area contributed by atoms with Crippen LogP contribution in [0.25, 0.3) is 10.9 Å². The topological polar surface area (TPSA) is 27.8 Å². The first kappa shape index (κ1) is 14.6. The summed E-state index contributed by atoms with van der Waals surface area (Å²) >= 11 is 7.86. The Morgan fingerprint density at radius 2 is 2.24 bits per heavy atom. The minimum Gasteiger partial charge on any atom is -0.361 e. The van der Waals surface area contributed by atoms with Gasteiger partial charge in [-0.1, -0.05) is 37.1 Å². The van der Waals surface area contributed by atoms with E-state index in [9.17, 15) is 0 Å². The number of rotatable bonds is 6. The van der Waals surface area contributed by atoms with Gasteiger partial charge < -0.3 is 10.3 Å². The summed E-state index contributed by atoms with van der Waals surface area (Å²) in [4.78, 5) is 4.71. The summed E-state index contributed by atoms with van der Waals surface area (Å²) in [5.74, 6) is 0. The lowest BCUT2D eigenvalue weighted by molar-refractivity contribution is 0.501. The standard InChI is InChI=1S/C17H19ClN2S/c1-2-4-15(17-5-3-8-21-17)19-10-12-11-20-16-9-13(18)6-7-14(12)16/h3,5-9,11,15,19-20H,2,4,10H2,1H3. The molecule has 0 amide bonds. The van der Waals surface area contributed by atoms with Gasteiger partial charge in [-0.3, -0.25) is 0 Å². The van der Waals surface area contributed by atoms with E-state index in [0.29, 0.717) is 6.04 Å². The van der Waals surface area contributed by atoms with E-state index in [1.807, 2.05) is 23.5 Å². The van der Waals surface area contributed by atoms with Crippen molar-refractivity contribution in [3.05, 3.63) is 57.4 Å². The summed E-state index contributed by atoms with van der Waals surface area (Å²) in [5, 5.41) is 7.85. The Morgan fingerprint density at radius 3 is 3.00 bits per heavy atom. The van der Waals surface area contributed by atoms with E-state index in [4.69, 9.17) is 11.6 Å². The molecule has 0 saturated heterocycles. The van der Waals surface area contributed by atoms with Crippen LogP contribution in [0.15, 0.2) is 41.9 Å². The summed E-state index contributed by atoms with van der Waals surface area (Å²) in [7, 11) is 0. The molecule has 110 valence electrons. The molecule has 1 atom stereocenters. The fourth-order valence-electron chi connectivity index (χ4n) is 2.66. The smallest absolute Gasteiger partial charge is 0.0472 e. The Balaban J connectivity index is 1.75. The van der Waals surface area contributed by atoms with Crippen LogP contribution < -0.4 is 5.32 Å². The zero-order valence-corrected chi connectivity index (χ0v) is 13.6. The molecule has 0 bridgehead atoms. The molecule has 2 nitrogen and oxygen atoms in total. The van der Waals surface area contributed by atoms with Crippen molar-refractivity contribution in [3.63, 3.8) is 0 Å². The molecule has 2 N–H and O–H groups in total. The minimum absolute atomic E-state index is 0.437. The summed E-state index contributed by atoms with van der Waals surface area (Å²) in [6, 6.07) is 10.8. The van der Waals surface area contributed by atoms with Gasteiger partial charge in [0.1, 0.15) is 0 Å². The lowest BCUT2D eigenvalue weighted by Crippen LogP contribution is -2.19. The molecular weight excluding hydrogens is 300 g/mol. The van der Waals surface area contributed by atoms with E-state index in [-0.39, 0.29) is 0 Å². The maximum absolute atomic E-state index is 6.03. The molecule has 2 aromatic heterocycles. The zero-order valence-electron chi connectivity index (χ0n) is 12.0. The Kier molecular flexibility index (Phi) is 4.63. The molecule has 0 saturated carbocycles. The summed E-state index contributed by atoms with van der Waals surface area (Å²) in [6.45, 7) is 3.10.